The Morgan fingerprint density at radius 2 is 1.64 bits per heavy atom. The van der Waals surface area contributed by atoms with Crippen molar-refractivity contribution in [1.29, 1.82) is 0 Å². The number of carbonyl (C=O) groups is 5. The van der Waals surface area contributed by atoms with Gasteiger partial charge in [0.05, 0.1) is 12.5 Å². The minimum atomic E-state index is -1.46. The standard InChI is InChI=1S/C35H38N4O8/c1-21(2)16-28(32(43)37-27(18-31(41)42)24-12-15-29-30(17-24)47-20-46-29)39-33(44)35(4,25-8-6-5-7-9-25)38(34(39)45)19-23-10-13-26(14-11-23)36-22(3)40/h5-15,17,21,27-28H,16,18-20H2,1-4H3,(H,36,40)(H,37,43)(H,41,42). The van der Waals surface area contributed by atoms with Crippen LogP contribution < -0.4 is 20.1 Å². The molecule has 0 spiro atoms. The number of carboxylic acids is 1. The van der Waals surface area contributed by atoms with E-state index in [1.54, 1.807) is 73.7 Å². The van der Waals surface area contributed by atoms with Crippen LogP contribution in [0.2, 0.25) is 0 Å². The summed E-state index contributed by atoms with van der Waals surface area (Å²) in [5, 5.41) is 15.2. The lowest BCUT2D eigenvalue weighted by Gasteiger charge is -2.32. The molecule has 5 amide bonds. The van der Waals surface area contributed by atoms with Crippen LogP contribution in [-0.2, 0) is 31.3 Å². The summed E-state index contributed by atoms with van der Waals surface area (Å²) >= 11 is 0. The maximum atomic E-state index is 14.5. The maximum Gasteiger partial charge on any atom is 0.329 e. The number of urea groups is 1. The lowest BCUT2D eigenvalue weighted by atomic mass is 9.89. The summed E-state index contributed by atoms with van der Waals surface area (Å²) in [6.07, 6.45) is -0.293. The van der Waals surface area contributed by atoms with E-state index < -0.39 is 47.9 Å². The Kier molecular flexibility index (Phi) is 9.50. The number of nitrogens with one attached hydrogen (secondary N) is 2. The van der Waals surface area contributed by atoms with Gasteiger partial charge < -0.3 is 30.1 Å². The molecule has 246 valence electrons. The lowest BCUT2D eigenvalue weighted by molar-refractivity contribution is -0.141. The second-order valence-corrected chi connectivity index (χ2v) is 12.3. The molecular formula is C35H38N4O8. The molecule has 12 nitrogen and oxygen atoms in total. The molecule has 47 heavy (non-hydrogen) atoms. The van der Waals surface area contributed by atoms with E-state index in [9.17, 15) is 29.1 Å². The molecular weight excluding hydrogens is 604 g/mol. The molecule has 3 aromatic rings. The van der Waals surface area contributed by atoms with Crippen molar-refractivity contribution in [2.45, 2.75) is 64.7 Å². The predicted octanol–water partition coefficient (Wildman–Crippen LogP) is 4.80. The average molecular weight is 643 g/mol. The molecule has 1 fully saturated rings. The quantitative estimate of drug-likeness (QED) is 0.238. The topological polar surface area (TPSA) is 155 Å². The van der Waals surface area contributed by atoms with Crippen molar-refractivity contribution in [3.63, 3.8) is 0 Å². The molecule has 3 N–H and O–H groups in total. The third-order valence-corrected chi connectivity index (χ3v) is 8.37. The van der Waals surface area contributed by atoms with E-state index in [0.29, 0.717) is 33.9 Å². The maximum absolute atomic E-state index is 14.5. The number of hydrogen-bond donors (Lipinski definition) is 3. The molecule has 0 bridgehead atoms. The van der Waals surface area contributed by atoms with Crippen molar-refractivity contribution >= 4 is 35.4 Å². The van der Waals surface area contributed by atoms with Gasteiger partial charge in [-0.1, -0.05) is 62.4 Å². The molecule has 0 radical (unpaired) electrons. The second-order valence-electron chi connectivity index (χ2n) is 12.3. The fourth-order valence-electron chi connectivity index (χ4n) is 5.98. The Morgan fingerprint density at radius 1 is 0.957 bits per heavy atom. The first-order chi connectivity index (χ1) is 22.4. The first-order valence-electron chi connectivity index (χ1n) is 15.4. The van der Waals surface area contributed by atoms with Crippen LogP contribution in [0.5, 0.6) is 11.5 Å². The molecule has 5 rings (SSSR count). The van der Waals surface area contributed by atoms with Crippen molar-refractivity contribution in [1.82, 2.24) is 15.1 Å². The molecule has 3 atom stereocenters. The number of fused-ring (bicyclic) bond motifs is 1. The van der Waals surface area contributed by atoms with Gasteiger partial charge in [0, 0.05) is 19.2 Å². The molecule has 2 aliphatic heterocycles. The van der Waals surface area contributed by atoms with E-state index in [1.165, 1.54) is 11.8 Å². The minimum Gasteiger partial charge on any atom is -0.481 e. The van der Waals surface area contributed by atoms with Gasteiger partial charge in [0.25, 0.3) is 5.91 Å². The molecule has 0 aliphatic carbocycles. The van der Waals surface area contributed by atoms with Gasteiger partial charge in [0.15, 0.2) is 11.5 Å². The average Bonchev–Trinajstić information content (AvgIpc) is 3.57. The monoisotopic (exact) mass is 642 g/mol. The second kappa shape index (κ2) is 13.5. The first-order valence-corrected chi connectivity index (χ1v) is 15.4. The van der Waals surface area contributed by atoms with Crippen molar-refractivity contribution in [3.8, 4) is 11.5 Å². The number of carboxylic acid groups (broad SMARTS) is 1. The number of aliphatic carboxylic acids is 1. The number of imide groups is 1. The molecule has 2 heterocycles. The van der Waals surface area contributed by atoms with E-state index in [2.05, 4.69) is 10.6 Å². The summed E-state index contributed by atoms with van der Waals surface area (Å²) in [6, 6.07) is 17.9. The van der Waals surface area contributed by atoms with Crippen LogP contribution in [0.3, 0.4) is 0 Å². The van der Waals surface area contributed by atoms with Gasteiger partial charge >= 0.3 is 12.0 Å². The van der Waals surface area contributed by atoms with E-state index in [0.717, 1.165) is 4.90 Å². The molecule has 1 saturated heterocycles. The van der Waals surface area contributed by atoms with Crippen LogP contribution in [0.1, 0.15) is 63.3 Å². The van der Waals surface area contributed by atoms with E-state index in [1.807, 2.05) is 19.9 Å². The van der Waals surface area contributed by atoms with Gasteiger partial charge in [0.2, 0.25) is 18.6 Å². The summed E-state index contributed by atoms with van der Waals surface area (Å²) in [6.45, 7) is 6.90. The zero-order chi connectivity index (χ0) is 33.9. The molecule has 12 heteroatoms. The molecule has 2 aliphatic rings. The van der Waals surface area contributed by atoms with Gasteiger partial charge in [-0.25, -0.2) is 9.69 Å². The van der Waals surface area contributed by atoms with E-state index >= 15 is 0 Å². The first kappa shape index (κ1) is 33.0. The van der Waals surface area contributed by atoms with Crippen LogP contribution in [0, 0.1) is 5.92 Å². The van der Waals surface area contributed by atoms with Gasteiger partial charge in [-0.3, -0.25) is 19.2 Å². The summed E-state index contributed by atoms with van der Waals surface area (Å²) in [5.41, 5.74) is 0.888. The molecule has 0 saturated carbocycles. The number of hydrogen-bond acceptors (Lipinski definition) is 7. The fourth-order valence-corrected chi connectivity index (χ4v) is 5.98. The Hall–Kier alpha value is -5.39. The summed E-state index contributed by atoms with van der Waals surface area (Å²) in [5.74, 6) is -1.75. The van der Waals surface area contributed by atoms with Crippen molar-refractivity contribution in [3.05, 3.63) is 89.5 Å². The van der Waals surface area contributed by atoms with E-state index in [4.69, 9.17) is 9.47 Å². The van der Waals surface area contributed by atoms with Gasteiger partial charge in [-0.05, 0) is 60.2 Å². The summed E-state index contributed by atoms with van der Waals surface area (Å²) in [7, 11) is 0. The van der Waals surface area contributed by atoms with Crippen LogP contribution in [0.4, 0.5) is 10.5 Å². The normalized spacial score (nSPS) is 18.3. The molecule has 0 aromatic heterocycles. The Morgan fingerprint density at radius 3 is 2.28 bits per heavy atom. The highest BCUT2D eigenvalue weighted by molar-refractivity contribution is 6.10. The summed E-state index contributed by atoms with van der Waals surface area (Å²) in [4.78, 5) is 68.9. The third kappa shape index (κ3) is 6.91. The van der Waals surface area contributed by atoms with Crippen LogP contribution >= 0.6 is 0 Å². The van der Waals surface area contributed by atoms with Crippen molar-refractivity contribution in [2.24, 2.45) is 5.92 Å². The highest BCUT2D eigenvalue weighted by atomic mass is 16.7. The number of carbonyl (C=O) groups excluding carboxylic acids is 4. The fraction of sp³-hybridized carbons (Fsp3) is 0.343. The van der Waals surface area contributed by atoms with Crippen LogP contribution in [-0.4, -0.2) is 57.5 Å². The Bertz CT molecular complexity index is 1680. The molecule has 3 unspecified atom stereocenters. The number of anilines is 1. The number of ether oxygens (including phenoxy) is 2. The number of nitrogens with zero attached hydrogens (tertiary/aromatic N) is 2. The zero-order valence-corrected chi connectivity index (χ0v) is 26.7. The number of rotatable bonds is 12. The van der Waals surface area contributed by atoms with E-state index in [-0.39, 0.29) is 31.6 Å². The third-order valence-electron chi connectivity index (χ3n) is 8.37. The number of benzene rings is 3. The predicted molar refractivity (Wildman–Crippen MR) is 171 cm³/mol. The zero-order valence-electron chi connectivity index (χ0n) is 26.7. The Balaban J connectivity index is 1.50. The van der Waals surface area contributed by atoms with Crippen molar-refractivity contribution in [2.75, 3.05) is 12.1 Å². The van der Waals surface area contributed by atoms with Crippen LogP contribution in [0.25, 0.3) is 0 Å². The highest BCUT2D eigenvalue weighted by Gasteiger charge is 2.58. The SMILES string of the molecule is CC(=O)Nc1ccc(CN2C(=O)N(C(CC(C)C)C(=O)NC(CC(=O)O)c3ccc4c(c3)OCO4)C(=O)C2(C)c2ccccc2)cc1. The van der Waals surface area contributed by atoms with Gasteiger partial charge in [-0.15, -0.1) is 0 Å². The minimum absolute atomic E-state index is 0.0283. The van der Waals surface area contributed by atoms with Crippen LogP contribution in [0.15, 0.2) is 72.8 Å². The molecule has 3 aromatic carbocycles. The smallest absolute Gasteiger partial charge is 0.329 e. The Labute approximate surface area is 272 Å². The number of amides is 5. The van der Waals surface area contributed by atoms with Gasteiger partial charge in [-0.2, -0.15) is 0 Å². The van der Waals surface area contributed by atoms with Gasteiger partial charge in [0.1, 0.15) is 11.6 Å². The highest BCUT2D eigenvalue weighted by Crippen LogP contribution is 2.41. The lowest BCUT2D eigenvalue weighted by Crippen LogP contribution is -2.52. The summed E-state index contributed by atoms with van der Waals surface area (Å²) < 4.78 is 10.8. The van der Waals surface area contributed by atoms with Crippen molar-refractivity contribution < 1.29 is 38.6 Å². The largest absolute Gasteiger partial charge is 0.481 e.